The van der Waals surface area contributed by atoms with Gasteiger partial charge in [0.05, 0.1) is 0 Å². The van der Waals surface area contributed by atoms with Crippen LogP contribution in [-0.2, 0) is 15.2 Å². The average molecular weight is 372 g/mol. The second kappa shape index (κ2) is 4.06. The highest BCUT2D eigenvalue weighted by Crippen LogP contribution is 2.34. The summed E-state index contributed by atoms with van der Waals surface area (Å²) in [6, 6.07) is 1.91. The Bertz CT molecular complexity index is 488. The smallest absolute Gasteiger partial charge is 0.236 e. The van der Waals surface area contributed by atoms with Crippen molar-refractivity contribution in [2.45, 2.75) is 11.1 Å². The van der Waals surface area contributed by atoms with Gasteiger partial charge in [-0.15, -0.1) is 0 Å². The van der Waals surface area contributed by atoms with Crippen LogP contribution >= 0.6 is 33.3 Å². The van der Waals surface area contributed by atoms with E-state index in [9.17, 15) is 21.6 Å². The highest BCUT2D eigenvalue weighted by molar-refractivity contribution is 14.1. The van der Waals surface area contributed by atoms with E-state index in [0.29, 0.717) is 0 Å². The van der Waals surface area contributed by atoms with Gasteiger partial charge in [-0.3, -0.25) is 0 Å². The molecule has 0 aliphatic carbocycles. The third-order valence-corrected chi connectivity index (χ3v) is 3.31. The molecular weight excluding hydrogens is 369 g/mol. The van der Waals surface area contributed by atoms with Crippen molar-refractivity contribution in [3.05, 3.63) is 21.5 Å². The second-order valence-electron chi connectivity index (χ2n) is 2.42. The zero-order valence-corrected chi connectivity index (χ0v) is 10.4. The molecule has 0 N–H and O–H groups in total. The summed E-state index contributed by atoms with van der Waals surface area (Å²) in [6.07, 6.45) is -4.85. The van der Waals surface area contributed by atoms with Crippen LogP contribution in [0.5, 0.6) is 0 Å². The molecule has 0 unspecified atom stereocenters. The third-order valence-electron chi connectivity index (χ3n) is 1.36. The lowest BCUT2D eigenvalue weighted by molar-refractivity contribution is -0.143. The lowest BCUT2D eigenvalue weighted by Gasteiger charge is -2.09. The molecule has 15 heavy (non-hydrogen) atoms. The topological polar surface area (TPSA) is 47.0 Å². The van der Waals surface area contributed by atoms with Crippen molar-refractivity contribution in [2.24, 2.45) is 0 Å². The predicted octanol–water partition coefficient (Wildman–Crippen LogP) is 2.63. The molecule has 0 fully saturated rings. The summed E-state index contributed by atoms with van der Waals surface area (Å²) in [5, 5.41) is 0. The first-order chi connectivity index (χ1) is 6.62. The van der Waals surface area contributed by atoms with E-state index in [1.807, 2.05) is 0 Å². The van der Waals surface area contributed by atoms with Crippen LogP contribution in [0.15, 0.2) is 17.0 Å². The van der Waals surface area contributed by atoms with Gasteiger partial charge < -0.3 is 0 Å². The molecule has 1 aromatic heterocycles. The zero-order chi connectivity index (χ0) is 11.9. The second-order valence-corrected chi connectivity index (χ2v) is 6.06. The van der Waals surface area contributed by atoms with Crippen LogP contribution < -0.4 is 0 Å². The predicted molar refractivity (Wildman–Crippen MR) is 55.0 cm³/mol. The fourth-order valence-corrected chi connectivity index (χ4v) is 2.24. The number of halogens is 5. The average Bonchev–Trinajstić information content (AvgIpc) is 2.00. The lowest BCUT2D eigenvalue weighted by Crippen LogP contribution is -2.14. The molecule has 1 aromatic rings. The molecule has 0 saturated carbocycles. The van der Waals surface area contributed by atoms with E-state index in [0.717, 1.165) is 12.1 Å². The third kappa shape index (κ3) is 3.18. The Balaban J connectivity index is 3.55. The minimum Gasteiger partial charge on any atom is -0.236 e. The molecule has 0 bridgehead atoms. The van der Waals surface area contributed by atoms with Crippen molar-refractivity contribution in [3.63, 3.8) is 0 Å². The number of alkyl halides is 3. The van der Waals surface area contributed by atoms with Crippen LogP contribution in [0.1, 0.15) is 5.69 Å². The summed E-state index contributed by atoms with van der Waals surface area (Å²) in [6.45, 7) is 0. The summed E-state index contributed by atoms with van der Waals surface area (Å²) in [7, 11) is 0.405. The Morgan fingerprint density at radius 2 is 1.87 bits per heavy atom. The number of nitrogens with zero attached hydrogens (tertiary/aromatic N) is 1. The fraction of sp³-hybridized carbons (Fsp3) is 0.167. The molecule has 84 valence electrons. The number of rotatable bonds is 1. The quantitative estimate of drug-likeness (QED) is 0.433. The van der Waals surface area contributed by atoms with Gasteiger partial charge in [0.1, 0.15) is 8.60 Å². The Labute approximate surface area is 101 Å². The van der Waals surface area contributed by atoms with E-state index >= 15 is 0 Å². The molecule has 0 aliphatic rings. The van der Waals surface area contributed by atoms with Crippen molar-refractivity contribution < 1.29 is 21.6 Å². The molecule has 0 amide bonds. The number of aromatic nitrogens is 1. The first-order valence-corrected chi connectivity index (χ1v) is 6.69. The van der Waals surface area contributed by atoms with Crippen LogP contribution in [0.2, 0.25) is 0 Å². The molecule has 1 rings (SSSR count). The summed E-state index contributed by atoms with van der Waals surface area (Å²) < 4.78 is 58.8. The largest absolute Gasteiger partial charge is 0.434 e. The van der Waals surface area contributed by atoms with Crippen molar-refractivity contribution in [1.29, 1.82) is 0 Å². The van der Waals surface area contributed by atoms with E-state index in [4.69, 9.17) is 10.7 Å². The number of hydrogen-bond donors (Lipinski definition) is 0. The Morgan fingerprint density at radius 1 is 1.33 bits per heavy atom. The molecule has 3 nitrogen and oxygen atoms in total. The van der Waals surface area contributed by atoms with Gasteiger partial charge in [0.25, 0.3) is 9.05 Å². The summed E-state index contributed by atoms with van der Waals surface area (Å²) in [5.74, 6) is 0. The Morgan fingerprint density at radius 3 is 2.27 bits per heavy atom. The van der Waals surface area contributed by atoms with E-state index in [1.54, 1.807) is 22.6 Å². The minimum atomic E-state index is -4.85. The molecule has 0 aliphatic heterocycles. The number of pyridine rings is 1. The molecule has 0 aromatic carbocycles. The molecule has 0 spiro atoms. The van der Waals surface area contributed by atoms with Gasteiger partial charge in [0, 0.05) is 10.7 Å². The summed E-state index contributed by atoms with van der Waals surface area (Å²) in [5.41, 5.74) is -1.50. The van der Waals surface area contributed by atoms with Crippen LogP contribution in [0.25, 0.3) is 0 Å². The highest BCUT2D eigenvalue weighted by atomic mass is 127. The first-order valence-electron chi connectivity index (χ1n) is 3.31. The summed E-state index contributed by atoms with van der Waals surface area (Å²) >= 11 is 1.54. The Hall–Kier alpha value is -0.0900. The lowest BCUT2D eigenvalue weighted by atomic mass is 10.3. The van der Waals surface area contributed by atoms with E-state index in [1.165, 1.54) is 0 Å². The van der Waals surface area contributed by atoms with Crippen LogP contribution in [0.3, 0.4) is 0 Å². The first kappa shape index (κ1) is 13.0. The van der Waals surface area contributed by atoms with Crippen molar-refractivity contribution in [3.8, 4) is 0 Å². The molecule has 0 saturated heterocycles. The van der Waals surface area contributed by atoms with Gasteiger partial charge in [0.15, 0.2) is 5.69 Å². The minimum absolute atomic E-state index is 0.0315. The maximum Gasteiger partial charge on any atom is 0.434 e. The maximum absolute atomic E-state index is 12.4. The Kier molecular flexibility index (Phi) is 3.51. The van der Waals surface area contributed by atoms with Crippen LogP contribution in [0.4, 0.5) is 13.2 Å². The molecular formula is C6H2ClF3INO2S. The molecule has 1 heterocycles. The highest BCUT2D eigenvalue weighted by Gasteiger charge is 2.38. The van der Waals surface area contributed by atoms with Gasteiger partial charge in [-0.2, -0.15) is 13.2 Å². The molecule has 0 atom stereocenters. The van der Waals surface area contributed by atoms with Crippen LogP contribution in [0, 0.1) is 3.70 Å². The zero-order valence-electron chi connectivity index (χ0n) is 6.72. The normalized spacial score (nSPS) is 12.9. The van der Waals surface area contributed by atoms with Gasteiger partial charge in [0.2, 0.25) is 0 Å². The van der Waals surface area contributed by atoms with E-state index in [2.05, 4.69) is 4.98 Å². The molecule has 0 radical (unpaired) electrons. The van der Waals surface area contributed by atoms with Gasteiger partial charge in [-0.25, -0.2) is 13.4 Å². The van der Waals surface area contributed by atoms with Gasteiger partial charge >= 0.3 is 6.18 Å². The van der Waals surface area contributed by atoms with Gasteiger partial charge in [-0.1, -0.05) is 0 Å². The summed E-state index contributed by atoms with van der Waals surface area (Å²) in [4.78, 5) is 2.08. The van der Waals surface area contributed by atoms with Crippen molar-refractivity contribution in [1.82, 2.24) is 4.98 Å². The maximum atomic E-state index is 12.4. The monoisotopic (exact) mass is 371 g/mol. The van der Waals surface area contributed by atoms with Gasteiger partial charge in [-0.05, 0) is 34.7 Å². The number of hydrogen-bond acceptors (Lipinski definition) is 3. The van der Waals surface area contributed by atoms with Crippen molar-refractivity contribution >= 4 is 42.3 Å². The van der Waals surface area contributed by atoms with E-state index in [-0.39, 0.29) is 3.70 Å². The van der Waals surface area contributed by atoms with Crippen LogP contribution in [-0.4, -0.2) is 13.4 Å². The van der Waals surface area contributed by atoms with E-state index < -0.39 is 25.8 Å². The SMILES string of the molecule is O=S(=O)(Cl)c1ccc(I)nc1C(F)(F)F. The fourth-order valence-electron chi connectivity index (χ4n) is 0.822. The standard InChI is InChI=1S/C6H2ClF3INO2S/c7-15(13,14)3-1-2-4(11)12-5(3)6(8,9)10/h1-2H. The van der Waals surface area contributed by atoms with Crippen molar-refractivity contribution in [2.75, 3.05) is 0 Å². The molecule has 9 heteroatoms.